The zero-order valence-electron chi connectivity index (χ0n) is 22.2. The number of hydrogen-bond donors (Lipinski definition) is 3. The quantitative estimate of drug-likeness (QED) is 0.418. The molecular weight excluding hydrogens is 458 g/mol. The van der Waals surface area contributed by atoms with E-state index in [0.29, 0.717) is 12.1 Å². The summed E-state index contributed by atoms with van der Waals surface area (Å²) in [5.41, 5.74) is 1.36. The Morgan fingerprint density at radius 1 is 1.26 bits per heavy atom. The first-order valence-electron chi connectivity index (χ1n) is 13.1. The lowest BCUT2D eigenvalue weighted by atomic mass is 9.84. The van der Waals surface area contributed by atoms with Crippen LogP contribution in [0, 0.1) is 11.8 Å². The van der Waals surface area contributed by atoms with E-state index in [-0.39, 0.29) is 23.4 Å². The molecule has 35 heavy (non-hydrogen) atoms. The van der Waals surface area contributed by atoms with Crippen LogP contribution >= 0.6 is 0 Å². The molecule has 1 fully saturated rings. The van der Waals surface area contributed by atoms with Gasteiger partial charge in [0, 0.05) is 12.3 Å². The van der Waals surface area contributed by atoms with Crippen LogP contribution in [0.15, 0.2) is 29.3 Å². The van der Waals surface area contributed by atoms with Crippen molar-refractivity contribution in [1.29, 1.82) is 0 Å². The van der Waals surface area contributed by atoms with Crippen LogP contribution in [0.2, 0.25) is 18.1 Å². The molecule has 0 aromatic heterocycles. The first-order valence-corrected chi connectivity index (χ1v) is 16.0. The molecule has 8 heteroatoms. The number of urea groups is 1. The van der Waals surface area contributed by atoms with Gasteiger partial charge in [-0.05, 0) is 61.0 Å². The van der Waals surface area contributed by atoms with Gasteiger partial charge in [0.2, 0.25) is 14.2 Å². The van der Waals surface area contributed by atoms with Crippen molar-refractivity contribution in [2.75, 3.05) is 6.54 Å². The molecule has 1 heterocycles. The molecule has 1 aliphatic carbocycles. The van der Waals surface area contributed by atoms with Crippen molar-refractivity contribution in [3.8, 4) is 5.75 Å². The Balaban J connectivity index is 1.81. The number of aliphatic hydroxyl groups excluding tert-OH is 1. The summed E-state index contributed by atoms with van der Waals surface area (Å²) < 4.78 is 6.48. The minimum absolute atomic E-state index is 0.0473. The van der Waals surface area contributed by atoms with Crippen LogP contribution in [0.4, 0.5) is 4.79 Å². The van der Waals surface area contributed by atoms with E-state index in [1.165, 1.54) is 6.42 Å². The zero-order chi connectivity index (χ0) is 25.8. The Morgan fingerprint density at radius 3 is 2.57 bits per heavy atom. The highest BCUT2D eigenvalue weighted by atomic mass is 28.4. The Morgan fingerprint density at radius 2 is 1.94 bits per heavy atom. The van der Waals surface area contributed by atoms with Gasteiger partial charge in [-0.25, -0.2) is 9.79 Å². The summed E-state index contributed by atoms with van der Waals surface area (Å²) in [6.45, 7) is 13.1. The highest BCUT2D eigenvalue weighted by molar-refractivity contribution is 6.74. The van der Waals surface area contributed by atoms with E-state index in [2.05, 4.69) is 49.5 Å². The predicted octanol–water partition coefficient (Wildman–Crippen LogP) is 5.36. The van der Waals surface area contributed by atoms with Gasteiger partial charge in [-0.2, -0.15) is 0 Å². The van der Waals surface area contributed by atoms with E-state index in [9.17, 15) is 14.7 Å². The molecule has 2 unspecified atom stereocenters. The maximum atomic E-state index is 13.4. The van der Waals surface area contributed by atoms with Gasteiger partial charge < -0.3 is 20.2 Å². The second kappa shape index (κ2) is 11.2. The van der Waals surface area contributed by atoms with Crippen LogP contribution in [-0.2, 0) is 4.79 Å². The van der Waals surface area contributed by atoms with Gasteiger partial charge >= 0.3 is 6.03 Å². The van der Waals surface area contributed by atoms with Gasteiger partial charge in [0.25, 0.3) is 0 Å². The maximum absolute atomic E-state index is 13.4. The van der Waals surface area contributed by atoms with Crippen molar-refractivity contribution in [3.05, 3.63) is 29.8 Å². The normalized spacial score (nSPS) is 22.7. The monoisotopic (exact) mass is 501 g/mol. The second-order valence-corrected chi connectivity index (χ2v) is 16.2. The number of amides is 3. The van der Waals surface area contributed by atoms with Crippen molar-refractivity contribution >= 4 is 26.0 Å². The Labute approximate surface area is 211 Å². The summed E-state index contributed by atoms with van der Waals surface area (Å²) in [6.07, 6.45) is 5.42. The second-order valence-electron chi connectivity index (χ2n) is 11.5. The number of aliphatic hydroxyl groups is 1. The van der Waals surface area contributed by atoms with Crippen molar-refractivity contribution in [2.24, 2.45) is 16.8 Å². The van der Waals surface area contributed by atoms with Gasteiger partial charge in [0.15, 0.2) is 0 Å². The minimum atomic E-state index is -2.05. The molecule has 1 aromatic rings. The van der Waals surface area contributed by atoms with Crippen LogP contribution in [0.3, 0.4) is 0 Å². The van der Waals surface area contributed by atoms with Crippen LogP contribution in [0.25, 0.3) is 0 Å². The summed E-state index contributed by atoms with van der Waals surface area (Å²) in [6, 6.07) is 6.70. The van der Waals surface area contributed by atoms with E-state index in [1.54, 1.807) is 0 Å². The number of hydrogen-bond acceptors (Lipinski definition) is 4. The van der Waals surface area contributed by atoms with E-state index < -0.39 is 32.4 Å². The minimum Gasteiger partial charge on any atom is -0.543 e. The lowest BCUT2D eigenvalue weighted by Gasteiger charge is -2.37. The number of benzene rings is 1. The molecule has 0 bridgehead atoms. The summed E-state index contributed by atoms with van der Waals surface area (Å²) in [5, 5.41) is 16.6. The van der Waals surface area contributed by atoms with Crippen LogP contribution in [0.1, 0.15) is 77.8 Å². The number of rotatable bonds is 8. The third kappa shape index (κ3) is 6.73. The topological polar surface area (TPSA) is 100 Å². The van der Waals surface area contributed by atoms with Crippen LogP contribution < -0.4 is 15.1 Å². The average Bonchev–Trinajstić information content (AvgIpc) is 2.81. The molecule has 3 atom stereocenters. The SMILES string of the molecule is CCC1=NC(=O)NC(c2cccc(O[Si](C)(C)C(C)(C)C)c2)C1C(=O)NC[C@@H](O)C1CCCCC1. The van der Waals surface area contributed by atoms with Gasteiger partial charge in [0.05, 0.1) is 12.1 Å². The molecule has 1 aromatic carbocycles. The molecule has 2 aliphatic rings. The molecule has 1 aliphatic heterocycles. The molecule has 0 radical (unpaired) electrons. The molecule has 194 valence electrons. The molecule has 3 N–H and O–H groups in total. The molecule has 0 spiro atoms. The van der Waals surface area contributed by atoms with E-state index in [4.69, 9.17) is 4.43 Å². The van der Waals surface area contributed by atoms with Crippen LogP contribution in [-0.4, -0.2) is 43.7 Å². The van der Waals surface area contributed by atoms with Crippen LogP contribution in [0.5, 0.6) is 5.75 Å². The number of carbonyl (C=O) groups is 2. The molecule has 0 saturated heterocycles. The van der Waals surface area contributed by atoms with Crippen molar-refractivity contribution < 1.29 is 19.1 Å². The Hall–Kier alpha value is -2.19. The summed E-state index contributed by atoms with van der Waals surface area (Å²) in [5.74, 6) is 0.116. The number of nitrogens with one attached hydrogen (secondary N) is 2. The highest BCUT2D eigenvalue weighted by Crippen LogP contribution is 2.38. The first kappa shape index (κ1) is 27.4. The first-order chi connectivity index (χ1) is 16.4. The van der Waals surface area contributed by atoms with Crippen molar-refractivity contribution in [2.45, 2.75) is 96.5 Å². The number of nitrogens with zero attached hydrogens (tertiary/aromatic N) is 1. The lowest BCUT2D eigenvalue weighted by Crippen LogP contribution is -2.49. The third-order valence-corrected chi connectivity index (χ3v) is 12.3. The smallest absolute Gasteiger partial charge is 0.341 e. The fourth-order valence-corrected chi connectivity index (χ4v) is 5.76. The summed E-state index contributed by atoms with van der Waals surface area (Å²) >= 11 is 0. The lowest BCUT2D eigenvalue weighted by molar-refractivity contribution is -0.124. The average molecular weight is 502 g/mol. The predicted molar refractivity (Wildman–Crippen MR) is 142 cm³/mol. The van der Waals surface area contributed by atoms with Crippen molar-refractivity contribution in [3.63, 3.8) is 0 Å². The molecular formula is C27H43N3O4Si. The number of aliphatic imine (C=N–C) groups is 1. The van der Waals surface area contributed by atoms with E-state index >= 15 is 0 Å². The highest BCUT2D eigenvalue weighted by Gasteiger charge is 2.40. The summed E-state index contributed by atoms with van der Waals surface area (Å²) in [7, 11) is -2.05. The fourth-order valence-electron chi connectivity index (χ4n) is 4.74. The van der Waals surface area contributed by atoms with Crippen molar-refractivity contribution in [1.82, 2.24) is 10.6 Å². The summed E-state index contributed by atoms with van der Waals surface area (Å²) in [4.78, 5) is 29.9. The van der Waals surface area contributed by atoms with Gasteiger partial charge in [-0.15, -0.1) is 0 Å². The maximum Gasteiger partial charge on any atom is 0.341 e. The van der Waals surface area contributed by atoms with E-state index in [1.807, 2.05) is 31.2 Å². The zero-order valence-corrected chi connectivity index (χ0v) is 23.2. The third-order valence-electron chi connectivity index (χ3n) is 7.94. The fraction of sp³-hybridized carbons (Fsp3) is 0.667. The van der Waals surface area contributed by atoms with Gasteiger partial charge in [0.1, 0.15) is 11.7 Å². The number of carbonyl (C=O) groups excluding carboxylic acids is 2. The Kier molecular flexibility index (Phi) is 8.80. The standard InChI is InChI=1S/C27H43N3O4Si/c1-7-21-23(25(32)28-17-22(31)18-12-9-8-10-13-18)24(30-26(33)29-21)19-14-11-15-20(16-19)34-35(5,6)27(2,3)4/h11,14-16,18,22-24,31H,7-10,12-13,17H2,1-6H3,(H,28,32)(H,30,33)/t22-,23?,24?/m1/s1. The molecule has 1 saturated carbocycles. The molecule has 3 rings (SSSR count). The molecule has 7 nitrogen and oxygen atoms in total. The molecule has 3 amide bonds. The van der Waals surface area contributed by atoms with Gasteiger partial charge in [-0.3, -0.25) is 4.79 Å². The van der Waals surface area contributed by atoms with Gasteiger partial charge in [-0.1, -0.05) is 59.1 Å². The largest absolute Gasteiger partial charge is 0.543 e. The van der Waals surface area contributed by atoms with E-state index in [0.717, 1.165) is 37.0 Å². The Bertz CT molecular complexity index is 935.